The number of pyridine rings is 1. The summed E-state index contributed by atoms with van der Waals surface area (Å²) in [5, 5.41) is 1.45. The molecule has 1 aliphatic rings. The first-order chi connectivity index (χ1) is 19.1. The van der Waals surface area contributed by atoms with Crippen LogP contribution in [0.2, 0.25) is 10.0 Å². The van der Waals surface area contributed by atoms with Crippen LogP contribution < -0.4 is 4.90 Å². The maximum Gasteiger partial charge on any atom is 0.163 e. The van der Waals surface area contributed by atoms with E-state index in [1.54, 1.807) is 12.4 Å². The lowest BCUT2D eigenvalue weighted by Gasteiger charge is -2.40. The average Bonchev–Trinajstić information content (AvgIpc) is 3.00. The summed E-state index contributed by atoms with van der Waals surface area (Å²) in [5.74, 6) is 1.58. The summed E-state index contributed by atoms with van der Waals surface area (Å²) in [6.07, 6.45) is 3.57. The van der Waals surface area contributed by atoms with Gasteiger partial charge in [0, 0.05) is 65.8 Å². The van der Waals surface area contributed by atoms with Crippen molar-refractivity contribution in [2.24, 2.45) is 0 Å². The highest BCUT2D eigenvalue weighted by Crippen LogP contribution is 2.32. The molecule has 1 unspecified atom stereocenters. The molecule has 1 atom stereocenters. The van der Waals surface area contributed by atoms with Crippen LogP contribution in [0.1, 0.15) is 17.2 Å². The molecule has 1 aliphatic heterocycles. The molecular formula is C32H27Cl2N5. The molecule has 194 valence electrons. The largest absolute Gasteiger partial charge is 0.354 e. The summed E-state index contributed by atoms with van der Waals surface area (Å²) in [4.78, 5) is 19.0. The maximum absolute atomic E-state index is 6.21. The highest BCUT2D eigenvalue weighted by Gasteiger charge is 2.27. The minimum absolute atomic E-state index is 0.159. The van der Waals surface area contributed by atoms with Crippen molar-refractivity contribution < 1.29 is 0 Å². The predicted molar refractivity (Wildman–Crippen MR) is 159 cm³/mol. The van der Waals surface area contributed by atoms with Crippen molar-refractivity contribution in [3.63, 3.8) is 0 Å². The molecular weight excluding hydrogens is 525 g/mol. The normalized spacial score (nSPS) is 14.8. The monoisotopic (exact) mass is 551 g/mol. The second kappa shape index (κ2) is 11.5. The van der Waals surface area contributed by atoms with Gasteiger partial charge >= 0.3 is 0 Å². The van der Waals surface area contributed by atoms with E-state index in [9.17, 15) is 0 Å². The van der Waals surface area contributed by atoms with Gasteiger partial charge in [-0.1, -0.05) is 77.8 Å². The van der Waals surface area contributed by atoms with Crippen LogP contribution in [-0.2, 0) is 0 Å². The van der Waals surface area contributed by atoms with Crippen molar-refractivity contribution in [3.8, 4) is 22.6 Å². The Morgan fingerprint density at radius 3 is 1.97 bits per heavy atom. The number of benzene rings is 3. The Hall–Kier alpha value is -3.77. The molecule has 0 amide bonds. The van der Waals surface area contributed by atoms with E-state index in [1.807, 2.05) is 48.5 Å². The third kappa shape index (κ3) is 5.81. The van der Waals surface area contributed by atoms with Gasteiger partial charge in [-0.25, -0.2) is 9.97 Å². The highest BCUT2D eigenvalue weighted by molar-refractivity contribution is 6.30. The summed E-state index contributed by atoms with van der Waals surface area (Å²) in [6, 6.07) is 32.8. The van der Waals surface area contributed by atoms with Crippen molar-refractivity contribution in [1.82, 2.24) is 19.9 Å². The molecule has 2 aromatic heterocycles. The SMILES string of the molecule is Clc1ccc(-c2cc(N3CCN(C(c4ccccc4)c4ccc(Cl)cc4)CC3)nc(-c3cccnc3)n2)cc1. The second-order valence-electron chi connectivity index (χ2n) is 9.57. The highest BCUT2D eigenvalue weighted by atomic mass is 35.5. The van der Waals surface area contributed by atoms with Crippen molar-refractivity contribution in [2.75, 3.05) is 31.1 Å². The van der Waals surface area contributed by atoms with Gasteiger partial charge in [0.15, 0.2) is 5.82 Å². The number of halogens is 2. The van der Waals surface area contributed by atoms with E-state index in [2.05, 4.69) is 63.3 Å². The van der Waals surface area contributed by atoms with Gasteiger partial charge in [0.1, 0.15) is 5.82 Å². The van der Waals surface area contributed by atoms with Gasteiger partial charge in [-0.15, -0.1) is 0 Å². The fraction of sp³-hybridized carbons (Fsp3) is 0.156. The molecule has 3 aromatic carbocycles. The lowest BCUT2D eigenvalue weighted by atomic mass is 9.96. The number of aromatic nitrogens is 3. The molecule has 0 aliphatic carbocycles. The molecule has 1 saturated heterocycles. The molecule has 3 heterocycles. The lowest BCUT2D eigenvalue weighted by Crippen LogP contribution is -2.48. The Balaban J connectivity index is 1.30. The van der Waals surface area contributed by atoms with Crippen LogP contribution in [0.15, 0.2) is 109 Å². The summed E-state index contributed by atoms with van der Waals surface area (Å²) >= 11 is 12.4. The maximum atomic E-state index is 6.21. The molecule has 7 heteroatoms. The summed E-state index contributed by atoms with van der Waals surface area (Å²) in [6.45, 7) is 3.48. The van der Waals surface area contributed by atoms with Crippen molar-refractivity contribution >= 4 is 29.0 Å². The van der Waals surface area contributed by atoms with Crippen LogP contribution in [-0.4, -0.2) is 46.0 Å². The summed E-state index contributed by atoms with van der Waals surface area (Å²) in [7, 11) is 0. The Morgan fingerprint density at radius 2 is 1.31 bits per heavy atom. The molecule has 0 saturated carbocycles. The van der Waals surface area contributed by atoms with Crippen LogP contribution in [0.25, 0.3) is 22.6 Å². The molecule has 0 bridgehead atoms. The van der Waals surface area contributed by atoms with Crippen molar-refractivity contribution in [1.29, 1.82) is 0 Å². The fourth-order valence-corrected chi connectivity index (χ4v) is 5.34. The van der Waals surface area contributed by atoms with Crippen molar-refractivity contribution in [3.05, 3.63) is 131 Å². The van der Waals surface area contributed by atoms with Crippen molar-refractivity contribution in [2.45, 2.75) is 6.04 Å². The van der Waals surface area contributed by atoms with Crippen LogP contribution >= 0.6 is 23.2 Å². The smallest absolute Gasteiger partial charge is 0.163 e. The predicted octanol–water partition coefficient (Wildman–Crippen LogP) is 7.42. The van der Waals surface area contributed by atoms with E-state index in [-0.39, 0.29) is 6.04 Å². The van der Waals surface area contributed by atoms with Gasteiger partial charge in [-0.05, 0) is 47.5 Å². The zero-order valence-electron chi connectivity index (χ0n) is 21.3. The van der Waals surface area contributed by atoms with E-state index in [0.29, 0.717) is 10.8 Å². The first-order valence-corrected chi connectivity index (χ1v) is 13.7. The lowest BCUT2D eigenvalue weighted by molar-refractivity contribution is 0.212. The topological polar surface area (TPSA) is 45.2 Å². The average molecular weight is 553 g/mol. The zero-order valence-corrected chi connectivity index (χ0v) is 22.8. The minimum Gasteiger partial charge on any atom is -0.354 e. The molecule has 1 fully saturated rings. The van der Waals surface area contributed by atoms with Gasteiger partial charge in [0.2, 0.25) is 0 Å². The molecule has 6 rings (SSSR count). The Bertz CT molecular complexity index is 1520. The number of hydrogen-bond acceptors (Lipinski definition) is 5. The van der Waals surface area contributed by atoms with E-state index >= 15 is 0 Å². The van der Waals surface area contributed by atoms with Gasteiger partial charge in [-0.3, -0.25) is 9.88 Å². The molecule has 0 N–H and O–H groups in total. The van der Waals surface area contributed by atoms with Crippen LogP contribution in [0, 0.1) is 0 Å². The van der Waals surface area contributed by atoms with Gasteiger partial charge in [0.05, 0.1) is 11.7 Å². The Labute approximate surface area is 238 Å². The number of hydrogen-bond donors (Lipinski definition) is 0. The molecule has 0 radical (unpaired) electrons. The first kappa shape index (κ1) is 25.5. The van der Waals surface area contributed by atoms with E-state index in [4.69, 9.17) is 33.2 Å². The number of piperazine rings is 1. The van der Waals surface area contributed by atoms with E-state index in [0.717, 1.165) is 53.8 Å². The van der Waals surface area contributed by atoms with Gasteiger partial charge in [-0.2, -0.15) is 0 Å². The van der Waals surface area contributed by atoms with Crippen LogP contribution in [0.5, 0.6) is 0 Å². The first-order valence-electron chi connectivity index (χ1n) is 13.0. The van der Waals surface area contributed by atoms with Gasteiger partial charge in [0.25, 0.3) is 0 Å². The number of rotatable bonds is 6. The second-order valence-corrected chi connectivity index (χ2v) is 10.4. The Kier molecular flexibility index (Phi) is 7.55. The summed E-state index contributed by atoms with van der Waals surface area (Å²) < 4.78 is 0. The van der Waals surface area contributed by atoms with Crippen LogP contribution in [0.4, 0.5) is 5.82 Å². The number of nitrogens with zero attached hydrogens (tertiary/aromatic N) is 5. The Morgan fingerprint density at radius 1 is 0.641 bits per heavy atom. The standard InChI is InChI=1S/C32H27Cl2N5/c33-27-12-8-23(9-13-27)29-21-30(37-32(36-29)26-7-4-16-35-22-26)38-17-19-39(20-18-38)31(24-5-2-1-3-6-24)25-10-14-28(34)15-11-25/h1-16,21-22,31H,17-20H2. The minimum atomic E-state index is 0.159. The zero-order chi connectivity index (χ0) is 26.6. The fourth-order valence-electron chi connectivity index (χ4n) is 5.09. The molecule has 39 heavy (non-hydrogen) atoms. The quantitative estimate of drug-likeness (QED) is 0.219. The van der Waals surface area contributed by atoms with E-state index in [1.165, 1.54) is 11.1 Å². The third-order valence-electron chi connectivity index (χ3n) is 7.08. The van der Waals surface area contributed by atoms with Crippen LogP contribution in [0.3, 0.4) is 0 Å². The van der Waals surface area contributed by atoms with Gasteiger partial charge < -0.3 is 4.90 Å². The number of anilines is 1. The third-order valence-corrected chi connectivity index (χ3v) is 7.58. The molecule has 0 spiro atoms. The molecule has 5 aromatic rings. The van der Waals surface area contributed by atoms with E-state index < -0.39 is 0 Å². The molecule has 5 nitrogen and oxygen atoms in total. The summed E-state index contributed by atoms with van der Waals surface area (Å²) in [5.41, 5.74) is 5.27.